The fourth-order valence-corrected chi connectivity index (χ4v) is 8.83. The predicted molar refractivity (Wildman–Crippen MR) is 202 cm³/mol. The standard InChI is InChI=1S/C47H32/c1-47(2)42-25-12-11-23-40(42)45-34-18-6-5-17-32(34)41-28-30(26-27-39(41)46(45)47)43-35-19-7-9-21-37(35)44(38-22-10-8-20-36(38)43)33-24-13-15-29-14-3-4-16-31(29)33/h3-28H,1-2H3. The van der Waals surface area contributed by atoms with Gasteiger partial charge in [0.25, 0.3) is 0 Å². The number of fused-ring (bicyclic) bond motifs is 11. The van der Waals surface area contributed by atoms with Crippen molar-refractivity contribution in [1.29, 1.82) is 0 Å². The number of hydrogen-bond acceptors (Lipinski definition) is 0. The lowest BCUT2D eigenvalue weighted by atomic mass is 9.78. The second-order valence-electron chi connectivity index (χ2n) is 13.6. The maximum absolute atomic E-state index is 2.48. The molecule has 9 aromatic rings. The van der Waals surface area contributed by atoms with Gasteiger partial charge in [-0.05, 0) is 104 Å². The van der Waals surface area contributed by atoms with Crippen molar-refractivity contribution in [2.75, 3.05) is 0 Å². The fourth-order valence-electron chi connectivity index (χ4n) is 8.83. The SMILES string of the molecule is CC1(C)c2ccccc2-c2c1c1ccc(-c3c4ccccc4c(-c4cccc5ccccc45)c4ccccc34)cc1c1ccccc21. The van der Waals surface area contributed by atoms with Crippen LogP contribution < -0.4 is 0 Å². The Balaban J connectivity index is 1.32. The minimum Gasteiger partial charge on any atom is -0.0619 e. The van der Waals surface area contributed by atoms with E-state index in [1.165, 1.54) is 98.4 Å². The molecule has 0 aromatic heterocycles. The first kappa shape index (κ1) is 26.5. The molecule has 0 fully saturated rings. The molecule has 0 saturated carbocycles. The van der Waals surface area contributed by atoms with E-state index in [9.17, 15) is 0 Å². The molecular weight excluding hydrogens is 565 g/mol. The molecule has 0 unspecified atom stereocenters. The van der Waals surface area contributed by atoms with Crippen LogP contribution in [0.25, 0.3) is 87.2 Å². The van der Waals surface area contributed by atoms with Gasteiger partial charge in [-0.15, -0.1) is 0 Å². The molecule has 0 saturated heterocycles. The Morgan fingerprint density at radius 3 is 1.55 bits per heavy atom. The summed E-state index contributed by atoms with van der Waals surface area (Å²) >= 11 is 0. The molecular formula is C47H32. The second kappa shape index (κ2) is 9.64. The molecule has 10 rings (SSSR count). The molecule has 0 N–H and O–H groups in total. The van der Waals surface area contributed by atoms with Crippen LogP contribution in [0.3, 0.4) is 0 Å². The fraction of sp³-hybridized carbons (Fsp3) is 0.0638. The second-order valence-corrected chi connectivity index (χ2v) is 13.6. The van der Waals surface area contributed by atoms with Gasteiger partial charge in [-0.1, -0.05) is 166 Å². The number of hydrogen-bond donors (Lipinski definition) is 0. The van der Waals surface area contributed by atoms with Crippen molar-refractivity contribution >= 4 is 53.9 Å². The van der Waals surface area contributed by atoms with E-state index in [0.29, 0.717) is 0 Å². The molecule has 0 heterocycles. The van der Waals surface area contributed by atoms with Gasteiger partial charge < -0.3 is 0 Å². The first-order chi connectivity index (χ1) is 23.1. The maximum Gasteiger partial charge on any atom is 0.0165 e. The zero-order valence-electron chi connectivity index (χ0n) is 26.5. The van der Waals surface area contributed by atoms with Crippen molar-refractivity contribution < 1.29 is 0 Å². The van der Waals surface area contributed by atoms with Crippen molar-refractivity contribution in [3.8, 4) is 33.4 Å². The third-order valence-corrected chi connectivity index (χ3v) is 10.8. The summed E-state index contributed by atoms with van der Waals surface area (Å²) in [6.07, 6.45) is 0. The highest BCUT2D eigenvalue weighted by Gasteiger charge is 2.38. The monoisotopic (exact) mass is 596 g/mol. The van der Waals surface area contributed by atoms with Crippen molar-refractivity contribution in [3.63, 3.8) is 0 Å². The van der Waals surface area contributed by atoms with Crippen LogP contribution in [0.5, 0.6) is 0 Å². The first-order valence-electron chi connectivity index (χ1n) is 16.6. The van der Waals surface area contributed by atoms with Crippen molar-refractivity contribution in [2.45, 2.75) is 19.3 Å². The van der Waals surface area contributed by atoms with E-state index in [2.05, 4.69) is 172 Å². The van der Waals surface area contributed by atoms with Crippen LogP contribution in [0.1, 0.15) is 25.0 Å². The predicted octanol–water partition coefficient (Wildman–Crippen LogP) is 13.1. The van der Waals surface area contributed by atoms with Gasteiger partial charge in [0.2, 0.25) is 0 Å². The van der Waals surface area contributed by atoms with Crippen LogP contribution >= 0.6 is 0 Å². The van der Waals surface area contributed by atoms with E-state index >= 15 is 0 Å². The normalized spacial score (nSPS) is 13.5. The largest absolute Gasteiger partial charge is 0.0619 e. The molecule has 0 atom stereocenters. The summed E-state index contributed by atoms with van der Waals surface area (Å²) in [6.45, 7) is 4.79. The zero-order valence-corrected chi connectivity index (χ0v) is 26.5. The van der Waals surface area contributed by atoms with Gasteiger partial charge >= 0.3 is 0 Å². The Hall–Kier alpha value is -5.72. The lowest BCUT2D eigenvalue weighted by Crippen LogP contribution is -2.15. The summed E-state index contributed by atoms with van der Waals surface area (Å²) in [5.41, 5.74) is 10.7. The molecule has 47 heavy (non-hydrogen) atoms. The molecule has 9 aromatic carbocycles. The van der Waals surface area contributed by atoms with Crippen molar-refractivity contribution in [1.82, 2.24) is 0 Å². The summed E-state index contributed by atoms with van der Waals surface area (Å²) in [5.74, 6) is 0. The first-order valence-corrected chi connectivity index (χ1v) is 16.6. The number of rotatable bonds is 2. The van der Waals surface area contributed by atoms with Crippen molar-refractivity contribution in [3.05, 3.63) is 169 Å². The molecule has 0 bridgehead atoms. The van der Waals surface area contributed by atoms with Gasteiger partial charge in [-0.25, -0.2) is 0 Å². The van der Waals surface area contributed by atoms with E-state index in [-0.39, 0.29) is 5.41 Å². The van der Waals surface area contributed by atoms with Gasteiger partial charge in [0.15, 0.2) is 0 Å². The van der Waals surface area contributed by atoms with Crippen LogP contribution in [0.15, 0.2) is 158 Å². The summed E-state index contributed by atoms with van der Waals surface area (Å²) in [5, 5.41) is 13.0. The number of benzene rings is 9. The third-order valence-electron chi connectivity index (χ3n) is 10.8. The molecule has 0 heteroatoms. The smallest absolute Gasteiger partial charge is 0.0165 e. The summed E-state index contributed by atoms with van der Waals surface area (Å²) in [4.78, 5) is 0. The van der Waals surface area contributed by atoms with Gasteiger partial charge in [-0.3, -0.25) is 0 Å². The Morgan fingerprint density at radius 1 is 0.340 bits per heavy atom. The van der Waals surface area contributed by atoms with Gasteiger partial charge in [0, 0.05) is 5.41 Å². The third kappa shape index (κ3) is 3.59. The van der Waals surface area contributed by atoms with Gasteiger partial charge in [-0.2, -0.15) is 0 Å². The lowest BCUT2D eigenvalue weighted by molar-refractivity contribution is 0.666. The van der Waals surface area contributed by atoms with Crippen LogP contribution in [0, 0.1) is 0 Å². The molecule has 0 aliphatic heterocycles. The highest BCUT2D eigenvalue weighted by Crippen LogP contribution is 2.55. The molecule has 0 amide bonds. The Morgan fingerprint density at radius 2 is 0.851 bits per heavy atom. The average molecular weight is 597 g/mol. The summed E-state index contributed by atoms with van der Waals surface area (Å²) in [7, 11) is 0. The molecule has 220 valence electrons. The van der Waals surface area contributed by atoms with Crippen LogP contribution in [0.2, 0.25) is 0 Å². The Bertz CT molecular complexity index is 2700. The zero-order chi connectivity index (χ0) is 31.3. The lowest BCUT2D eigenvalue weighted by Gasteiger charge is -2.24. The van der Waals surface area contributed by atoms with E-state index in [1.807, 2.05) is 0 Å². The Labute approximate surface area is 274 Å². The molecule has 0 radical (unpaired) electrons. The molecule has 1 aliphatic carbocycles. The van der Waals surface area contributed by atoms with Gasteiger partial charge in [0.1, 0.15) is 0 Å². The minimum absolute atomic E-state index is 0.0881. The molecule has 0 nitrogen and oxygen atoms in total. The Kier molecular flexibility index (Phi) is 5.44. The van der Waals surface area contributed by atoms with Crippen LogP contribution in [-0.2, 0) is 5.41 Å². The van der Waals surface area contributed by atoms with Crippen LogP contribution in [0.4, 0.5) is 0 Å². The van der Waals surface area contributed by atoms with E-state index in [1.54, 1.807) is 0 Å². The average Bonchev–Trinajstić information content (AvgIpc) is 3.37. The highest BCUT2D eigenvalue weighted by atomic mass is 14.4. The maximum atomic E-state index is 2.48. The topological polar surface area (TPSA) is 0 Å². The van der Waals surface area contributed by atoms with E-state index in [4.69, 9.17) is 0 Å². The van der Waals surface area contributed by atoms with E-state index < -0.39 is 0 Å². The highest BCUT2D eigenvalue weighted by molar-refractivity contribution is 6.25. The van der Waals surface area contributed by atoms with Crippen molar-refractivity contribution in [2.24, 2.45) is 0 Å². The molecule has 0 spiro atoms. The molecule has 1 aliphatic rings. The van der Waals surface area contributed by atoms with Crippen LogP contribution in [-0.4, -0.2) is 0 Å². The summed E-state index contributed by atoms with van der Waals surface area (Å²) in [6, 6.07) is 58.8. The summed E-state index contributed by atoms with van der Waals surface area (Å²) < 4.78 is 0. The quantitative estimate of drug-likeness (QED) is 0.138. The van der Waals surface area contributed by atoms with E-state index in [0.717, 1.165) is 0 Å². The van der Waals surface area contributed by atoms with Gasteiger partial charge in [0.05, 0.1) is 0 Å². The minimum atomic E-state index is -0.0881.